The van der Waals surface area contributed by atoms with E-state index in [1.807, 2.05) is 6.92 Å². The van der Waals surface area contributed by atoms with Gasteiger partial charge in [0.15, 0.2) is 0 Å². The fraction of sp³-hybridized carbons (Fsp3) is 0.583. The van der Waals surface area contributed by atoms with Crippen LogP contribution in [0.15, 0.2) is 9.31 Å². The van der Waals surface area contributed by atoms with Gasteiger partial charge in [-0.1, -0.05) is 6.92 Å². The molecule has 0 spiro atoms. The van der Waals surface area contributed by atoms with Gasteiger partial charge in [-0.05, 0) is 20.4 Å². The molecule has 20 heavy (non-hydrogen) atoms. The molecule has 114 valence electrons. The molecule has 0 bridgehead atoms. The number of carbonyl (C=O) groups excluding carboxylic acids is 1. The third kappa shape index (κ3) is 3.59. The summed E-state index contributed by atoms with van der Waals surface area (Å²) in [4.78, 5) is 11.6. The molecule has 7 nitrogen and oxygen atoms in total. The van der Waals surface area contributed by atoms with Crippen molar-refractivity contribution in [2.24, 2.45) is 0 Å². The molecule has 1 heterocycles. The molecule has 2 N–H and O–H groups in total. The second kappa shape index (κ2) is 6.87. The molecule has 0 aliphatic rings. The van der Waals surface area contributed by atoms with E-state index in [1.165, 1.54) is 21.0 Å². The highest BCUT2D eigenvalue weighted by Gasteiger charge is 2.31. The smallest absolute Gasteiger partial charge is 0.342 e. The van der Waals surface area contributed by atoms with Gasteiger partial charge in [0.2, 0.25) is 10.0 Å². The summed E-state index contributed by atoms with van der Waals surface area (Å²) in [6, 6.07) is 0. The van der Waals surface area contributed by atoms with E-state index < -0.39 is 16.0 Å². The number of esters is 1. The van der Waals surface area contributed by atoms with Crippen LogP contribution in [-0.4, -0.2) is 41.1 Å². The number of furan rings is 1. The van der Waals surface area contributed by atoms with Gasteiger partial charge >= 0.3 is 5.97 Å². The molecule has 1 aromatic rings. The molecule has 1 aromatic heterocycles. The van der Waals surface area contributed by atoms with Crippen LogP contribution in [0.4, 0.5) is 0 Å². The van der Waals surface area contributed by atoms with Crippen molar-refractivity contribution in [2.75, 3.05) is 26.7 Å². The molecule has 0 atom stereocenters. The van der Waals surface area contributed by atoms with Crippen LogP contribution >= 0.6 is 0 Å². The van der Waals surface area contributed by atoms with E-state index in [0.717, 1.165) is 6.54 Å². The number of rotatable bonds is 7. The van der Waals surface area contributed by atoms with E-state index in [9.17, 15) is 13.2 Å². The molecule has 0 saturated carbocycles. The Morgan fingerprint density at radius 2 is 1.90 bits per heavy atom. The summed E-state index contributed by atoms with van der Waals surface area (Å²) in [5.74, 6) is -0.341. The molecule has 1 rings (SSSR count). The maximum absolute atomic E-state index is 12.3. The van der Waals surface area contributed by atoms with Gasteiger partial charge in [0.25, 0.3) is 0 Å². The molecule has 0 unspecified atom stereocenters. The Kier molecular flexibility index (Phi) is 5.73. The third-order valence-corrected chi connectivity index (χ3v) is 4.32. The number of ether oxygens (including phenoxy) is 1. The van der Waals surface area contributed by atoms with Crippen LogP contribution in [0.3, 0.4) is 0 Å². The monoisotopic (exact) mass is 304 g/mol. The molecule has 0 amide bonds. The second-order valence-corrected chi connectivity index (χ2v) is 5.87. The van der Waals surface area contributed by atoms with Crippen LogP contribution < -0.4 is 10.0 Å². The van der Waals surface area contributed by atoms with Gasteiger partial charge in [0.05, 0.1) is 7.11 Å². The molecule has 0 radical (unpaired) electrons. The minimum atomic E-state index is -3.82. The van der Waals surface area contributed by atoms with Crippen LogP contribution in [0.1, 0.15) is 28.8 Å². The summed E-state index contributed by atoms with van der Waals surface area (Å²) in [5.41, 5.74) is -0.0547. The van der Waals surface area contributed by atoms with E-state index in [-0.39, 0.29) is 28.5 Å². The van der Waals surface area contributed by atoms with Crippen LogP contribution in [0, 0.1) is 13.8 Å². The standard InChI is InChI=1S/C12H20N2O5S/c1-5-13-6-7-14-20(16,17)11-9(3)19-8(2)10(11)12(15)18-4/h13-14H,5-7H2,1-4H3. The first kappa shape index (κ1) is 16.7. The lowest BCUT2D eigenvalue weighted by molar-refractivity contribution is 0.0595. The Labute approximate surface area is 118 Å². The highest BCUT2D eigenvalue weighted by Crippen LogP contribution is 2.26. The SMILES string of the molecule is CCNCCNS(=O)(=O)c1c(C)oc(C)c1C(=O)OC. The average molecular weight is 304 g/mol. The summed E-state index contributed by atoms with van der Waals surface area (Å²) in [5, 5.41) is 3.00. The molecule has 0 fully saturated rings. The summed E-state index contributed by atoms with van der Waals surface area (Å²) in [6.07, 6.45) is 0. The number of hydrogen-bond donors (Lipinski definition) is 2. The Bertz CT molecular complexity index is 577. The number of sulfonamides is 1. The van der Waals surface area contributed by atoms with Crippen LogP contribution in [0.2, 0.25) is 0 Å². The van der Waals surface area contributed by atoms with Crippen molar-refractivity contribution in [3.05, 3.63) is 17.1 Å². The Morgan fingerprint density at radius 1 is 1.25 bits per heavy atom. The molecule has 0 saturated heterocycles. The van der Waals surface area contributed by atoms with E-state index in [0.29, 0.717) is 6.54 Å². The summed E-state index contributed by atoms with van der Waals surface area (Å²) in [6.45, 7) is 6.42. The van der Waals surface area contributed by atoms with Crippen LogP contribution in [0.5, 0.6) is 0 Å². The van der Waals surface area contributed by atoms with Crippen molar-refractivity contribution in [3.8, 4) is 0 Å². The van der Waals surface area contributed by atoms with Crippen molar-refractivity contribution in [1.29, 1.82) is 0 Å². The van der Waals surface area contributed by atoms with Gasteiger partial charge in [-0.2, -0.15) is 0 Å². The minimum absolute atomic E-state index is 0.0547. The Morgan fingerprint density at radius 3 is 2.45 bits per heavy atom. The van der Waals surface area contributed by atoms with E-state index in [1.54, 1.807) is 0 Å². The highest BCUT2D eigenvalue weighted by molar-refractivity contribution is 7.89. The van der Waals surface area contributed by atoms with Gasteiger partial charge < -0.3 is 14.5 Å². The predicted octanol–water partition coefficient (Wildman–Crippen LogP) is 0.571. The first-order chi connectivity index (χ1) is 9.35. The zero-order chi connectivity index (χ0) is 15.3. The zero-order valence-electron chi connectivity index (χ0n) is 12.1. The number of nitrogens with one attached hydrogen (secondary N) is 2. The predicted molar refractivity (Wildman–Crippen MR) is 73.3 cm³/mol. The van der Waals surface area contributed by atoms with Gasteiger partial charge in [0.1, 0.15) is 22.0 Å². The van der Waals surface area contributed by atoms with Gasteiger partial charge in [-0.3, -0.25) is 0 Å². The second-order valence-electron chi connectivity index (χ2n) is 4.16. The maximum Gasteiger partial charge on any atom is 0.342 e. The molecular weight excluding hydrogens is 284 g/mol. The first-order valence-electron chi connectivity index (χ1n) is 6.23. The summed E-state index contributed by atoms with van der Waals surface area (Å²) < 4.78 is 36.8. The number of methoxy groups -OCH3 is 1. The van der Waals surface area contributed by atoms with Crippen molar-refractivity contribution >= 4 is 16.0 Å². The highest BCUT2D eigenvalue weighted by atomic mass is 32.2. The Balaban J connectivity index is 3.08. The van der Waals surface area contributed by atoms with Crippen LogP contribution in [0.25, 0.3) is 0 Å². The zero-order valence-corrected chi connectivity index (χ0v) is 12.9. The molecule has 0 aliphatic carbocycles. The quantitative estimate of drug-likeness (QED) is 0.564. The lowest BCUT2D eigenvalue weighted by Gasteiger charge is -2.08. The topological polar surface area (TPSA) is 97.6 Å². The number of aryl methyl sites for hydroxylation is 2. The lowest BCUT2D eigenvalue weighted by atomic mass is 10.2. The van der Waals surface area contributed by atoms with Crippen molar-refractivity contribution in [3.63, 3.8) is 0 Å². The van der Waals surface area contributed by atoms with Gasteiger partial charge in [-0.25, -0.2) is 17.9 Å². The van der Waals surface area contributed by atoms with E-state index in [4.69, 9.17) is 4.42 Å². The molecule has 0 aromatic carbocycles. The molecule has 0 aliphatic heterocycles. The number of carbonyl (C=O) groups is 1. The van der Waals surface area contributed by atoms with Crippen LogP contribution in [-0.2, 0) is 14.8 Å². The third-order valence-electron chi connectivity index (χ3n) is 2.71. The van der Waals surface area contributed by atoms with Crippen molar-refractivity contribution in [2.45, 2.75) is 25.7 Å². The molecule has 8 heteroatoms. The fourth-order valence-corrected chi connectivity index (χ4v) is 3.28. The van der Waals surface area contributed by atoms with E-state index in [2.05, 4.69) is 14.8 Å². The normalized spacial score (nSPS) is 11.6. The van der Waals surface area contributed by atoms with Crippen molar-refractivity contribution in [1.82, 2.24) is 10.0 Å². The average Bonchev–Trinajstić information content (AvgIpc) is 2.69. The minimum Gasteiger partial charge on any atom is -0.465 e. The number of likely N-dealkylation sites (N-methyl/N-ethyl adjacent to an activating group) is 1. The summed E-state index contributed by atoms with van der Waals surface area (Å²) >= 11 is 0. The lowest BCUT2D eigenvalue weighted by Crippen LogP contribution is -2.32. The largest absolute Gasteiger partial charge is 0.465 e. The summed E-state index contributed by atoms with van der Waals surface area (Å²) in [7, 11) is -2.63. The van der Waals surface area contributed by atoms with Crippen molar-refractivity contribution < 1.29 is 22.4 Å². The van der Waals surface area contributed by atoms with Gasteiger partial charge in [-0.15, -0.1) is 0 Å². The first-order valence-corrected chi connectivity index (χ1v) is 7.72. The van der Waals surface area contributed by atoms with E-state index >= 15 is 0 Å². The Hall–Kier alpha value is -1.38. The fourth-order valence-electron chi connectivity index (χ4n) is 1.85. The molecular formula is C12H20N2O5S. The number of hydrogen-bond acceptors (Lipinski definition) is 6. The van der Waals surface area contributed by atoms with Gasteiger partial charge in [0, 0.05) is 13.1 Å². The maximum atomic E-state index is 12.3.